The third kappa shape index (κ3) is 4.98. The highest BCUT2D eigenvalue weighted by atomic mass is 16.5. The number of hydrogen-bond donors (Lipinski definition) is 0. The first-order valence-corrected chi connectivity index (χ1v) is 13.0. The second kappa shape index (κ2) is 10.1. The number of rotatable bonds is 7. The molecule has 0 bridgehead atoms. The minimum absolute atomic E-state index is 0.719. The molecule has 5 aromatic rings. The highest BCUT2D eigenvalue weighted by Crippen LogP contribution is 2.34. The van der Waals surface area contributed by atoms with E-state index in [2.05, 4.69) is 57.7 Å². The van der Waals surface area contributed by atoms with Gasteiger partial charge in [-0.25, -0.2) is 4.98 Å². The number of nitrogens with zero attached hydrogens (tertiary/aromatic N) is 5. The number of pyridine rings is 3. The van der Waals surface area contributed by atoms with Crippen LogP contribution in [0.4, 0.5) is 0 Å². The van der Waals surface area contributed by atoms with E-state index in [1.165, 1.54) is 31.5 Å². The van der Waals surface area contributed by atoms with Crippen molar-refractivity contribution in [3.63, 3.8) is 0 Å². The Labute approximate surface area is 217 Å². The average molecular weight is 490 g/mol. The van der Waals surface area contributed by atoms with Crippen molar-refractivity contribution in [1.82, 2.24) is 24.3 Å². The van der Waals surface area contributed by atoms with Gasteiger partial charge in [-0.3, -0.25) is 19.3 Å². The number of benzene rings is 1. The van der Waals surface area contributed by atoms with Crippen molar-refractivity contribution in [2.45, 2.75) is 26.7 Å². The fourth-order valence-electron chi connectivity index (χ4n) is 5.03. The molecule has 6 rings (SSSR count). The van der Waals surface area contributed by atoms with Crippen LogP contribution in [0.5, 0.6) is 5.75 Å². The van der Waals surface area contributed by atoms with Crippen LogP contribution in [0.2, 0.25) is 0 Å². The van der Waals surface area contributed by atoms with E-state index in [1.54, 1.807) is 0 Å². The second-order valence-corrected chi connectivity index (χ2v) is 9.76. The van der Waals surface area contributed by atoms with Gasteiger partial charge in [-0.1, -0.05) is 6.07 Å². The molecule has 1 saturated heterocycles. The van der Waals surface area contributed by atoms with Gasteiger partial charge in [0.1, 0.15) is 23.7 Å². The molecule has 0 radical (unpaired) electrons. The molecular weight excluding hydrogens is 458 g/mol. The number of ether oxygens (including phenoxy) is 1. The normalized spacial score (nSPS) is 13.9. The van der Waals surface area contributed by atoms with Crippen LogP contribution < -0.4 is 4.74 Å². The first kappa shape index (κ1) is 23.4. The smallest absolute Gasteiger partial charge is 0.138 e. The van der Waals surface area contributed by atoms with E-state index in [4.69, 9.17) is 14.7 Å². The van der Waals surface area contributed by atoms with Gasteiger partial charge in [-0.15, -0.1) is 0 Å². The van der Waals surface area contributed by atoms with Crippen LogP contribution in [0.25, 0.3) is 39.5 Å². The van der Waals surface area contributed by atoms with Gasteiger partial charge in [-0.2, -0.15) is 0 Å². The van der Waals surface area contributed by atoms with Gasteiger partial charge >= 0.3 is 0 Å². The van der Waals surface area contributed by atoms with Crippen LogP contribution in [0.1, 0.15) is 24.1 Å². The van der Waals surface area contributed by atoms with E-state index in [9.17, 15) is 0 Å². The van der Waals surface area contributed by atoms with Gasteiger partial charge in [0.15, 0.2) is 0 Å². The topological polar surface area (TPSA) is 55.6 Å². The van der Waals surface area contributed by atoms with E-state index in [-0.39, 0.29) is 0 Å². The fourth-order valence-corrected chi connectivity index (χ4v) is 5.03. The van der Waals surface area contributed by atoms with Gasteiger partial charge in [0.25, 0.3) is 0 Å². The minimum Gasteiger partial charge on any atom is -0.492 e. The molecule has 0 spiro atoms. The Morgan fingerprint density at radius 2 is 1.68 bits per heavy atom. The number of fused-ring (bicyclic) bond motifs is 1. The van der Waals surface area contributed by atoms with Crippen LogP contribution in [0.3, 0.4) is 0 Å². The molecule has 0 amide bonds. The highest BCUT2D eigenvalue weighted by Gasteiger charge is 2.18. The lowest BCUT2D eigenvalue weighted by molar-refractivity contribution is 0.238. The molecule has 0 saturated carbocycles. The van der Waals surface area contributed by atoms with Crippen LogP contribution in [0.15, 0.2) is 79.1 Å². The average Bonchev–Trinajstić information content (AvgIpc) is 3.57. The molecule has 37 heavy (non-hydrogen) atoms. The number of imidazole rings is 1. The van der Waals surface area contributed by atoms with Gasteiger partial charge in [-0.05, 0) is 106 Å². The summed E-state index contributed by atoms with van der Waals surface area (Å²) in [5, 5.41) is 0. The van der Waals surface area contributed by atoms with E-state index >= 15 is 0 Å². The number of aryl methyl sites for hydroxylation is 2. The van der Waals surface area contributed by atoms with Crippen molar-refractivity contribution in [2.24, 2.45) is 0 Å². The van der Waals surface area contributed by atoms with Crippen molar-refractivity contribution in [3.05, 3.63) is 90.4 Å². The Morgan fingerprint density at radius 3 is 2.49 bits per heavy atom. The molecule has 0 N–H and O–H groups in total. The molecule has 1 aromatic carbocycles. The quantitative estimate of drug-likeness (QED) is 0.272. The maximum absolute atomic E-state index is 5.99. The zero-order valence-electron chi connectivity index (χ0n) is 21.4. The summed E-state index contributed by atoms with van der Waals surface area (Å²) >= 11 is 0. The van der Waals surface area contributed by atoms with E-state index in [1.807, 2.05) is 49.5 Å². The molecular formula is C31H31N5O. The SMILES string of the molecule is Cc1ccn2c(-c3ccnc(-c4ccc(OCCN5CCCC5)cc4)c3)c(-c3cccc(C)n3)nc2c1. The monoisotopic (exact) mass is 489 g/mol. The summed E-state index contributed by atoms with van der Waals surface area (Å²) in [6.45, 7) is 8.19. The van der Waals surface area contributed by atoms with Crippen LogP contribution in [-0.2, 0) is 0 Å². The molecule has 1 aliphatic rings. The first-order chi connectivity index (χ1) is 18.1. The van der Waals surface area contributed by atoms with E-state index < -0.39 is 0 Å². The molecule has 0 aliphatic carbocycles. The number of aromatic nitrogens is 4. The summed E-state index contributed by atoms with van der Waals surface area (Å²) in [5.74, 6) is 0.893. The maximum Gasteiger partial charge on any atom is 0.138 e. The van der Waals surface area contributed by atoms with Crippen molar-refractivity contribution in [2.75, 3.05) is 26.2 Å². The molecule has 6 heteroatoms. The predicted molar refractivity (Wildman–Crippen MR) is 148 cm³/mol. The molecule has 1 fully saturated rings. The summed E-state index contributed by atoms with van der Waals surface area (Å²) in [5.41, 5.74) is 8.80. The number of hydrogen-bond acceptors (Lipinski definition) is 5. The Bertz CT molecular complexity index is 1530. The summed E-state index contributed by atoms with van der Waals surface area (Å²) < 4.78 is 8.13. The zero-order chi connectivity index (χ0) is 25.2. The molecule has 0 unspecified atom stereocenters. The van der Waals surface area contributed by atoms with Crippen molar-refractivity contribution >= 4 is 5.65 Å². The van der Waals surface area contributed by atoms with E-state index in [0.717, 1.165) is 64.1 Å². The molecule has 186 valence electrons. The Hall–Kier alpha value is -4.03. The Kier molecular flexibility index (Phi) is 6.41. The summed E-state index contributed by atoms with van der Waals surface area (Å²) in [6.07, 6.45) is 6.56. The minimum atomic E-state index is 0.719. The Morgan fingerprint density at radius 1 is 0.838 bits per heavy atom. The van der Waals surface area contributed by atoms with Crippen molar-refractivity contribution < 1.29 is 4.74 Å². The lowest BCUT2D eigenvalue weighted by atomic mass is 10.0. The van der Waals surface area contributed by atoms with Gasteiger partial charge in [0.05, 0.1) is 17.1 Å². The molecule has 6 nitrogen and oxygen atoms in total. The molecule has 0 atom stereocenters. The lowest BCUT2D eigenvalue weighted by Crippen LogP contribution is -2.25. The van der Waals surface area contributed by atoms with Crippen molar-refractivity contribution in [1.29, 1.82) is 0 Å². The molecule has 1 aliphatic heterocycles. The summed E-state index contributed by atoms with van der Waals surface area (Å²) in [4.78, 5) is 16.9. The second-order valence-electron chi connectivity index (χ2n) is 9.76. The zero-order valence-corrected chi connectivity index (χ0v) is 21.4. The van der Waals surface area contributed by atoms with Crippen molar-refractivity contribution in [3.8, 4) is 39.7 Å². The third-order valence-corrected chi connectivity index (χ3v) is 6.97. The molecule has 4 aromatic heterocycles. The van der Waals surface area contributed by atoms with Gasteiger partial charge < -0.3 is 4.74 Å². The van der Waals surface area contributed by atoms with Crippen LogP contribution in [-0.4, -0.2) is 50.5 Å². The van der Waals surface area contributed by atoms with E-state index in [0.29, 0.717) is 0 Å². The standard InChI is InChI=1S/C31H31N5O/c1-22-13-17-36-29(20-22)34-30(27-7-5-6-23(2)33-27)31(36)25-12-14-32-28(21-25)24-8-10-26(11-9-24)37-19-18-35-15-3-4-16-35/h5-14,17,20-21H,3-4,15-16,18-19H2,1-2H3. The summed E-state index contributed by atoms with van der Waals surface area (Å²) in [6, 6.07) is 22.7. The van der Waals surface area contributed by atoms with Gasteiger partial charge in [0.2, 0.25) is 0 Å². The maximum atomic E-state index is 5.99. The predicted octanol–water partition coefficient (Wildman–Crippen LogP) is 6.22. The molecule has 5 heterocycles. The van der Waals surface area contributed by atoms with Gasteiger partial charge in [0, 0.05) is 35.8 Å². The summed E-state index contributed by atoms with van der Waals surface area (Å²) in [7, 11) is 0. The number of likely N-dealkylation sites (tertiary alicyclic amines) is 1. The third-order valence-electron chi connectivity index (χ3n) is 6.97. The fraction of sp³-hybridized carbons (Fsp3) is 0.258. The lowest BCUT2D eigenvalue weighted by Gasteiger charge is -2.15. The highest BCUT2D eigenvalue weighted by molar-refractivity contribution is 5.82. The van der Waals surface area contributed by atoms with Crippen LogP contribution in [0, 0.1) is 13.8 Å². The van der Waals surface area contributed by atoms with Crippen LogP contribution >= 0.6 is 0 Å². The Balaban J connectivity index is 1.31. The largest absolute Gasteiger partial charge is 0.492 e. The first-order valence-electron chi connectivity index (χ1n) is 13.0.